The summed E-state index contributed by atoms with van der Waals surface area (Å²) in [6.45, 7) is 3.79. The molecule has 0 atom stereocenters. The monoisotopic (exact) mass is 420 g/mol. The van der Waals surface area contributed by atoms with Gasteiger partial charge in [-0.2, -0.15) is 0 Å². The van der Waals surface area contributed by atoms with Crippen LogP contribution < -0.4 is 5.56 Å². The highest BCUT2D eigenvalue weighted by molar-refractivity contribution is 6.30. The molecule has 3 heterocycles. The number of carbonyl (C=O) groups is 1. The van der Waals surface area contributed by atoms with Crippen LogP contribution in [0.5, 0.6) is 0 Å². The Morgan fingerprint density at radius 3 is 2.57 bits per heavy atom. The van der Waals surface area contributed by atoms with Gasteiger partial charge < -0.3 is 4.90 Å². The van der Waals surface area contributed by atoms with Gasteiger partial charge >= 0.3 is 0 Å². The summed E-state index contributed by atoms with van der Waals surface area (Å²) >= 11 is 5.97. The van der Waals surface area contributed by atoms with Crippen LogP contribution in [0.1, 0.15) is 30.1 Å². The Balaban J connectivity index is 1.61. The third-order valence-electron chi connectivity index (χ3n) is 5.93. The minimum Gasteiger partial charge on any atom is -0.339 e. The summed E-state index contributed by atoms with van der Waals surface area (Å²) < 4.78 is 1.47. The molecule has 0 bridgehead atoms. The Morgan fingerprint density at radius 2 is 1.83 bits per heavy atom. The molecule has 0 spiro atoms. The van der Waals surface area contributed by atoms with Crippen LogP contribution in [0.3, 0.4) is 0 Å². The molecular weight excluding hydrogens is 400 g/mol. The van der Waals surface area contributed by atoms with Crippen LogP contribution in [0.15, 0.2) is 53.5 Å². The molecule has 4 aromatic rings. The van der Waals surface area contributed by atoms with Gasteiger partial charge in [0.2, 0.25) is 0 Å². The van der Waals surface area contributed by atoms with Gasteiger partial charge in [-0.05, 0) is 61.2 Å². The second-order valence-electron chi connectivity index (χ2n) is 7.98. The van der Waals surface area contributed by atoms with Crippen LogP contribution in [0.4, 0.5) is 0 Å². The second kappa shape index (κ2) is 7.29. The van der Waals surface area contributed by atoms with E-state index in [4.69, 9.17) is 11.6 Å². The molecule has 1 aliphatic heterocycles. The fourth-order valence-electron chi connectivity index (χ4n) is 4.06. The number of halogens is 1. The van der Waals surface area contributed by atoms with E-state index in [9.17, 15) is 9.59 Å². The summed E-state index contributed by atoms with van der Waals surface area (Å²) in [6.07, 6.45) is 3.64. The number of piperidine rings is 1. The second-order valence-corrected chi connectivity index (χ2v) is 8.42. The lowest BCUT2D eigenvalue weighted by molar-refractivity contribution is 0.0697. The number of rotatable bonds is 2. The van der Waals surface area contributed by atoms with Crippen molar-refractivity contribution in [3.63, 3.8) is 0 Å². The number of fused-ring (bicyclic) bond motifs is 3. The zero-order valence-corrected chi connectivity index (χ0v) is 17.3. The Hall–Kier alpha value is -3.12. The van der Waals surface area contributed by atoms with Crippen molar-refractivity contribution in [2.45, 2.75) is 19.8 Å². The van der Waals surface area contributed by atoms with E-state index >= 15 is 0 Å². The van der Waals surface area contributed by atoms with E-state index in [0.717, 1.165) is 36.8 Å². The third kappa shape index (κ3) is 3.17. The van der Waals surface area contributed by atoms with Gasteiger partial charge in [0.25, 0.3) is 11.5 Å². The molecule has 6 nitrogen and oxygen atoms in total. The number of aromatic nitrogens is 3. The number of amides is 1. The average Bonchev–Trinajstić information content (AvgIpc) is 3.11. The van der Waals surface area contributed by atoms with Gasteiger partial charge in [0.1, 0.15) is 0 Å². The Kier molecular flexibility index (Phi) is 4.59. The lowest BCUT2D eigenvalue weighted by Crippen LogP contribution is -2.37. The number of aromatic amines is 1. The van der Waals surface area contributed by atoms with Gasteiger partial charge in [0.15, 0.2) is 0 Å². The number of pyridine rings is 1. The molecule has 2 aromatic carbocycles. The standard InChI is InChI=1S/C23H21ClN4O2/c1-14-8-10-27(11-9-14)22(29)15-2-7-20-18(12-15)21-19(13-25-20)23(30)28(26-21)17-5-3-16(24)4-6-17/h2-7,12-14,26H,8-11H2,1H3. The summed E-state index contributed by atoms with van der Waals surface area (Å²) in [5.41, 5.74) is 2.51. The van der Waals surface area contributed by atoms with Crippen molar-refractivity contribution < 1.29 is 4.79 Å². The molecule has 1 N–H and O–H groups in total. The van der Waals surface area contributed by atoms with Crippen LogP contribution in [0, 0.1) is 5.92 Å². The lowest BCUT2D eigenvalue weighted by atomic mass is 9.98. The summed E-state index contributed by atoms with van der Waals surface area (Å²) in [4.78, 5) is 32.3. The number of benzene rings is 2. The molecule has 7 heteroatoms. The maximum atomic E-state index is 13.0. The van der Waals surface area contributed by atoms with E-state index < -0.39 is 0 Å². The number of hydrogen-bond donors (Lipinski definition) is 1. The summed E-state index contributed by atoms with van der Waals surface area (Å²) in [7, 11) is 0. The van der Waals surface area contributed by atoms with Crippen LogP contribution in [0.25, 0.3) is 27.5 Å². The quantitative estimate of drug-likeness (QED) is 0.522. The van der Waals surface area contributed by atoms with Gasteiger partial charge in [0, 0.05) is 35.3 Å². The van der Waals surface area contributed by atoms with Gasteiger partial charge in [-0.25, -0.2) is 4.68 Å². The Bertz CT molecular complexity index is 1320. The molecular formula is C23H21ClN4O2. The van der Waals surface area contributed by atoms with E-state index in [0.29, 0.717) is 33.1 Å². The smallest absolute Gasteiger partial charge is 0.280 e. The number of likely N-dealkylation sites (tertiary alicyclic amines) is 1. The van der Waals surface area contributed by atoms with Gasteiger partial charge in [-0.1, -0.05) is 18.5 Å². The summed E-state index contributed by atoms with van der Waals surface area (Å²) in [5.74, 6) is 0.687. The molecule has 0 saturated carbocycles. The van der Waals surface area contributed by atoms with Crippen LogP contribution >= 0.6 is 11.6 Å². The lowest BCUT2D eigenvalue weighted by Gasteiger charge is -2.30. The van der Waals surface area contributed by atoms with Gasteiger partial charge in [0.05, 0.1) is 22.1 Å². The first-order valence-corrected chi connectivity index (χ1v) is 10.5. The molecule has 2 aromatic heterocycles. The summed E-state index contributed by atoms with van der Waals surface area (Å²) in [6, 6.07) is 12.5. The minimum atomic E-state index is -0.191. The van der Waals surface area contributed by atoms with E-state index in [1.807, 2.05) is 23.1 Å². The number of carbonyl (C=O) groups excluding carboxylic acids is 1. The predicted molar refractivity (Wildman–Crippen MR) is 119 cm³/mol. The van der Waals surface area contributed by atoms with Crippen molar-refractivity contribution >= 4 is 39.3 Å². The molecule has 0 aliphatic carbocycles. The van der Waals surface area contributed by atoms with Crippen LogP contribution in [-0.2, 0) is 0 Å². The maximum absolute atomic E-state index is 13.0. The molecule has 1 amide bonds. The number of hydrogen-bond acceptors (Lipinski definition) is 3. The highest BCUT2D eigenvalue weighted by atomic mass is 35.5. The third-order valence-corrected chi connectivity index (χ3v) is 6.18. The Morgan fingerprint density at radius 1 is 1.10 bits per heavy atom. The van der Waals surface area contributed by atoms with Crippen molar-refractivity contribution in [2.24, 2.45) is 5.92 Å². The van der Waals surface area contributed by atoms with Crippen molar-refractivity contribution in [3.05, 3.63) is 69.6 Å². The first-order valence-electron chi connectivity index (χ1n) is 10.1. The van der Waals surface area contributed by atoms with Gasteiger partial charge in [-0.3, -0.25) is 19.7 Å². The van der Waals surface area contributed by atoms with Gasteiger partial charge in [-0.15, -0.1) is 0 Å². The SMILES string of the molecule is CC1CCN(C(=O)c2ccc3ncc4c(=O)n(-c5ccc(Cl)cc5)[nH]c4c3c2)CC1. The van der Waals surface area contributed by atoms with E-state index in [1.54, 1.807) is 30.5 Å². The van der Waals surface area contributed by atoms with E-state index in [2.05, 4.69) is 17.0 Å². The Labute approximate surface area is 178 Å². The zero-order valence-electron chi connectivity index (χ0n) is 16.6. The van der Waals surface area contributed by atoms with Crippen molar-refractivity contribution in [1.29, 1.82) is 0 Å². The molecule has 0 unspecified atom stereocenters. The fourth-order valence-corrected chi connectivity index (χ4v) is 4.18. The molecule has 152 valence electrons. The topological polar surface area (TPSA) is 71.0 Å². The highest BCUT2D eigenvalue weighted by Gasteiger charge is 2.22. The van der Waals surface area contributed by atoms with E-state index in [1.165, 1.54) is 4.68 Å². The molecule has 1 saturated heterocycles. The zero-order chi connectivity index (χ0) is 20.8. The maximum Gasteiger partial charge on any atom is 0.280 e. The van der Waals surface area contributed by atoms with Crippen LogP contribution in [0.2, 0.25) is 5.02 Å². The number of H-pyrrole nitrogens is 1. The predicted octanol–water partition coefficient (Wildman–Crippen LogP) is 4.39. The highest BCUT2D eigenvalue weighted by Crippen LogP contribution is 2.24. The molecule has 1 aliphatic rings. The largest absolute Gasteiger partial charge is 0.339 e. The van der Waals surface area contributed by atoms with Crippen LogP contribution in [-0.4, -0.2) is 38.7 Å². The van der Waals surface area contributed by atoms with Crippen molar-refractivity contribution in [3.8, 4) is 5.69 Å². The molecule has 5 rings (SSSR count). The minimum absolute atomic E-state index is 0.0280. The first kappa shape index (κ1) is 18.9. The molecule has 30 heavy (non-hydrogen) atoms. The average molecular weight is 421 g/mol. The molecule has 1 fully saturated rings. The first-order chi connectivity index (χ1) is 14.5. The van der Waals surface area contributed by atoms with E-state index in [-0.39, 0.29) is 11.5 Å². The number of nitrogens with one attached hydrogen (secondary N) is 1. The fraction of sp³-hybridized carbons (Fsp3) is 0.261. The van der Waals surface area contributed by atoms with Crippen molar-refractivity contribution in [2.75, 3.05) is 13.1 Å². The molecule has 0 radical (unpaired) electrons. The van der Waals surface area contributed by atoms with Crippen molar-refractivity contribution in [1.82, 2.24) is 19.7 Å². The normalized spacial score (nSPS) is 15.2. The number of nitrogens with zero attached hydrogens (tertiary/aromatic N) is 3. The summed E-state index contributed by atoms with van der Waals surface area (Å²) in [5, 5.41) is 5.03.